The van der Waals surface area contributed by atoms with Crippen LogP contribution < -0.4 is 0 Å². The van der Waals surface area contributed by atoms with Crippen LogP contribution in [-0.2, 0) is 19.1 Å². The molecule has 0 aromatic heterocycles. The van der Waals surface area contributed by atoms with E-state index < -0.39 is 6.10 Å². The molecule has 0 radical (unpaired) electrons. The van der Waals surface area contributed by atoms with Crippen molar-refractivity contribution in [2.75, 3.05) is 13.2 Å². The molecular formula is C40H70O5. The maximum Gasteiger partial charge on any atom is 0.306 e. The molecule has 0 heterocycles. The minimum Gasteiger partial charge on any atom is -0.462 e. The molecule has 1 atom stereocenters. The highest BCUT2D eigenvalue weighted by molar-refractivity contribution is 5.70. The summed E-state index contributed by atoms with van der Waals surface area (Å²) in [7, 11) is 0. The summed E-state index contributed by atoms with van der Waals surface area (Å²) in [6.45, 7) is 3.98. The third-order valence-corrected chi connectivity index (χ3v) is 7.89. The van der Waals surface area contributed by atoms with Gasteiger partial charge in [0.15, 0.2) is 6.10 Å². The zero-order chi connectivity index (χ0) is 32.9. The van der Waals surface area contributed by atoms with Crippen LogP contribution in [0, 0.1) is 0 Å². The summed E-state index contributed by atoms with van der Waals surface area (Å²) in [5, 5.41) is 9.53. The molecule has 0 fully saturated rings. The number of ether oxygens (including phenoxy) is 2. The van der Waals surface area contributed by atoms with E-state index in [-0.39, 0.29) is 25.2 Å². The van der Waals surface area contributed by atoms with Crippen LogP contribution in [0.1, 0.15) is 174 Å². The van der Waals surface area contributed by atoms with E-state index in [4.69, 9.17) is 9.47 Å². The number of esters is 2. The van der Waals surface area contributed by atoms with Gasteiger partial charge in [0.1, 0.15) is 6.61 Å². The molecule has 5 nitrogen and oxygen atoms in total. The average molecular weight is 631 g/mol. The Labute approximate surface area is 278 Å². The van der Waals surface area contributed by atoms with Gasteiger partial charge < -0.3 is 14.6 Å². The van der Waals surface area contributed by atoms with E-state index in [1.807, 2.05) is 0 Å². The number of aliphatic hydroxyl groups is 1. The smallest absolute Gasteiger partial charge is 0.306 e. The molecule has 0 aromatic carbocycles. The molecule has 260 valence electrons. The van der Waals surface area contributed by atoms with Gasteiger partial charge in [0.05, 0.1) is 6.61 Å². The third kappa shape index (κ3) is 34.6. The Bertz CT molecular complexity index is 767. The van der Waals surface area contributed by atoms with E-state index in [0.717, 1.165) is 64.2 Å². The Balaban J connectivity index is 3.62. The van der Waals surface area contributed by atoms with Gasteiger partial charge in [0.2, 0.25) is 0 Å². The Morgan fingerprint density at radius 1 is 0.533 bits per heavy atom. The number of rotatable bonds is 33. The van der Waals surface area contributed by atoms with Gasteiger partial charge in [-0.25, -0.2) is 0 Å². The van der Waals surface area contributed by atoms with Crippen LogP contribution in [0.25, 0.3) is 0 Å². The summed E-state index contributed by atoms with van der Waals surface area (Å²) in [6, 6.07) is 0. The number of allylic oxidation sites excluding steroid dienone is 8. The Morgan fingerprint density at radius 2 is 0.956 bits per heavy atom. The van der Waals surface area contributed by atoms with Crippen molar-refractivity contribution in [2.45, 2.75) is 180 Å². The van der Waals surface area contributed by atoms with E-state index in [2.05, 4.69) is 62.5 Å². The lowest BCUT2D eigenvalue weighted by molar-refractivity contribution is -0.161. The predicted molar refractivity (Wildman–Crippen MR) is 191 cm³/mol. The lowest BCUT2D eigenvalue weighted by Gasteiger charge is -2.15. The Hall–Kier alpha value is -2.14. The van der Waals surface area contributed by atoms with Crippen molar-refractivity contribution in [1.29, 1.82) is 0 Å². The number of carbonyl (C=O) groups is 2. The summed E-state index contributed by atoms with van der Waals surface area (Å²) < 4.78 is 10.6. The summed E-state index contributed by atoms with van der Waals surface area (Å²) in [4.78, 5) is 24.2. The predicted octanol–water partition coefficient (Wildman–Crippen LogP) is 11.5. The molecule has 5 heteroatoms. The lowest BCUT2D eigenvalue weighted by atomic mass is 10.0. The molecule has 0 rings (SSSR count). The normalized spacial score (nSPS) is 12.7. The molecule has 0 spiro atoms. The number of aliphatic hydroxyl groups excluding tert-OH is 1. The van der Waals surface area contributed by atoms with Gasteiger partial charge in [0, 0.05) is 12.8 Å². The van der Waals surface area contributed by atoms with Crippen molar-refractivity contribution in [3.05, 3.63) is 48.6 Å². The van der Waals surface area contributed by atoms with Crippen molar-refractivity contribution in [3.8, 4) is 0 Å². The van der Waals surface area contributed by atoms with Crippen molar-refractivity contribution in [3.63, 3.8) is 0 Å². The Kier molecular flexibility index (Phi) is 34.6. The van der Waals surface area contributed by atoms with Gasteiger partial charge in [-0.2, -0.15) is 0 Å². The van der Waals surface area contributed by atoms with Gasteiger partial charge in [-0.1, -0.05) is 159 Å². The molecule has 0 saturated heterocycles. The minimum atomic E-state index is -0.785. The number of hydrogen-bond donors (Lipinski definition) is 1. The molecular weight excluding hydrogens is 560 g/mol. The van der Waals surface area contributed by atoms with Gasteiger partial charge in [-0.15, -0.1) is 0 Å². The van der Waals surface area contributed by atoms with E-state index in [1.54, 1.807) is 0 Å². The van der Waals surface area contributed by atoms with Gasteiger partial charge >= 0.3 is 11.9 Å². The van der Waals surface area contributed by atoms with Crippen molar-refractivity contribution < 1.29 is 24.2 Å². The molecule has 45 heavy (non-hydrogen) atoms. The van der Waals surface area contributed by atoms with E-state index in [9.17, 15) is 14.7 Å². The van der Waals surface area contributed by atoms with E-state index in [1.165, 1.54) is 83.5 Å². The highest BCUT2D eigenvalue weighted by atomic mass is 16.6. The molecule has 0 saturated carbocycles. The second-order valence-corrected chi connectivity index (χ2v) is 12.3. The fourth-order valence-electron chi connectivity index (χ4n) is 5.07. The van der Waals surface area contributed by atoms with Gasteiger partial charge in [-0.3, -0.25) is 9.59 Å². The SMILES string of the molecule is CC/C=C/C/C=C/C/C=C/C/C=C/CCCCC(=O)OC[C@H](CO)OC(=O)CCCCCCCCCCCCCCCCCC. The molecule has 1 N–H and O–H groups in total. The Morgan fingerprint density at radius 3 is 1.44 bits per heavy atom. The van der Waals surface area contributed by atoms with Crippen LogP contribution in [0.15, 0.2) is 48.6 Å². The minimum absolute atomic E-state index is 0.0864. The fraction of sp³-hybridized carbons (Fsp3) is 0.750. The van der Waals surface area contributed by atoms with Crippen LogP contribution in [0.4, 0.5) is 0 Å². The maximum atomic E-state index is 12.1. The molecule has 0 aromatic rings. The zero-order valence-electron chi connectivity index (χ0n) is 29.4. The van der Waals surface area contributed by atoms with Crippen molar-refractivity contribution >= 4 is 11.9 Å². The zero-order valence-corrected chi connectivity index (χ0v) is 29.4. The van der Waals surface area contributed by atoms with Crippen LogP contribution in [0.5, 0.6) is 0 Å². The molecule has 0 aliphatic carbocycles. The van der Waals surface area contributed by atoms with E-state index >= 15 is 0 Å². The summed E-state index contributed by atoms with van der Waals surface area (Å²) in [6.07, 6.45) is 44.6. The number of carbonyl (C=O) groups excluding carboxylic acids is 2. The van der Waals surface area contributed by atoms with Crippen LogP contribution in [0.3, 0.4) is 0 Å². The second kappa shape index (κ2) is 36.3. The van der Waals surface area contributed by atoms with Crippen LogP contribution in [-0.4, -0.2) is 36.4 Å². The topological polar surface area (TPSA) is 72.8 Å². The van der Waals surface area contributed by atoms with Gasteiger partial charge in [-0.05, 0) is 51.4 Å². The first kappa shape index (κ1) is 42.9. The first-order valence-electron chi connectivity index (χ1n) is 18.7. The summed E-state index contributed by atoms with van der Waals surface area (Å²) in [5.74, 6) is -0.638. The molecule has 0 unspecified atom stereocenters. The molecule has 0 amide bonds. The highest BCUT2D eigenvalue weighted by Crippen LogP contribution is 2.14. The molecule has 0 aliphatic rings. The molecule has 0 aliphatic heterocycles. The first-order chi connectivity index (χ1) is 22.1. The van der Waals surface area contributed by atoms with Crippen molar-refractivity contribution in [2.24, 2.45) is 0 Å². The fourth-order valence-corrected chi connectivity index (χ4v) is 5.07. The van der Waals surface area contributed by atoms with Crippen LogP contribution in [0.2, 0.25) is 0 Å². The largest absolute Gasteiger partial charge is 0.462 e. The van der Waals surface area contributed by atoms with E-state index in [0.29, 0.717) is 12.8 Å². The second-order valence-electron chi connectivity index (χ2n) is 12.3. The van der Waals surface area contributed by atoms with Crippen LogP contribution >= 0.6 is 0 Å². The number of hydrogen-bond acceptors (Lipinski definition) is 5. The first-order valence-corrected chi connectivity index (χ1v) is 18.7. The number of unbranched alkanes of at least 4 members (excludes halogenated alkanes) is 17. The quantitative estimate of drug-likeness (QED) is 0.0444. The maximum absolute atomic E-state index is 12.1. The standard InChI is InChI=1S/C40H70O5/c1-3-5-7-9-11-13-15-17-19-21-23-25-27-29-31-33-35-40(43)45-38(36-41)37-44-39(42)34-32-30-28-26-24-22-20-18-16-14-12-10-8-6-4-2/h6,8,12,14,18,20,24,26,38,41H,3-5,7,9-11,13,15-17,19,21-23,25,27-37H2,1-2H3/b8-6+,14-12+,20-18+,26-24+/t38-/m0/s1. The highest BCUT2D eigenvalue weighted by Gasteiger charge is 2.16. The molecule has 0 bridgehead atoms. The average Bonchev–Trinajstić information content (AvgIpc) is 3.04. The van der Waals surface area contributed by atoms with Gasteiger partial charge in [0.25, 0.3) is 0 Å². The summed E-state index contributed by atoms with van der Waals surface area (Å²) in [5.41, 5.74) is 0. The lowest BCUT2D eigenvalue weighted by Crippen LogP contribution is -2.28. The third-order valence-electron chi connectivity index (χ3n) is 7.89. The van der Waals surface area contributed by atoms with Crippen molar-refractivity contribution in [1.82, 2.24) is 0 Å². The monoisotopic (exact) mass is 631 g/mol. The summed E-state index contributed by atoms with van der Waals surface area (Å²) >= 11 is 0.